The molecule has 0 radical (unpaired) electrons. The summed E-state index contributed by atoms with van der Waals surface area (Å²) < 4.78 is 5.31. The SMILES string of the molecule is CCC(C)(N)c1nc(C2CCC(C)CC2)no1. The minimum atomic E-state index is -0.493. The molecule has 1 heterocycles. The molecule has 1 aromatic heterocycles. The lowest BCUT2D eigenvalue weighted by molar-refractivity contribution is 0.285. The summed E-state index contributed by atoms with van der Waals surface area (Å²) in [6.45, 7) is 6.28. The molecule has 96 valence electrons. The molecular weight excluding hydrogens is 214 g/mol. The van der Waals surface area contributed by atoms with Gasteiger partial charge in [-0.2, -0.15) is 4.98 Å². The third-order valence-electron chi connectivity index (χ3n) is 4.05. The van der Waals surface area contributed by atoms with Crippen molar-refractivity contribution in [2.75, 3.05) is 0 Å². The zero-order chi connectivity index (χ0) is 12.5. The van der Waals surface area contributed by atoms with Crippen LogP contribution in [0.4, 0.5) is 0 Å². The van der Waals surface area contributed by atoms with Gasteiger partial charge in [0.15, 0.2) is 5.82 Å². The molecule has 1 atom stereocenters. The van der Waals surface area contributed by atoms with Crippen molar-refractivity contribution in [2.24, 2.45) is 11.7 Å². The Morgan fingerprint density at radius 3 is 2.59 bits per heavy atom. The largest absolute Gasteiger partial charge is 0.337 e. The van der Waals surface area contributed by atoms with E-state index < -0.39 is 5.54 Å². The van der Waals surface area contributed by atoms with Gasteiger partial charge in [-0.05, 0) is 32.1 Å². The molecule has 17 heavy (non-hydrogen) atoms. The Morgan fingerprint density at radius 2 is 2.00 bits per heavy atom. The lowest BCUT2D eigenvalue weighted by Gasteiger charge is -2.23. The number of nitrogens with two attached hydrogens (primary N) is 1. The quantitative estimate of drug-likeness (QED) is 0.877. The maximum atomic E-state index is 6.11. The van der Waals surface area contributed by atoms with Crippen LogP contribution in [0.5, 0.6) is 0 Å². The Morgan fingerprint density at radius 1 is 1.35 bits per heavy atom. The van der Waals surface area contributed by atoms with Crippen molar-refractivity contribution in [3.63, 3.8) is 0 Å². The van der Waals surface area contributed by atoms with Gasteiger partial charge in [-0.15, -0.1) is 0 Å². The Hall–Kier alpha value is -0.900. The highest BCUT2D eigenvalue weighted by Gasteiger charge is 2.29. The van der Waals surface area contributed by atoms with Crippen molar-refractivity contribution in [3.05, 3.63) is 11.7 Å². The van der Waals surface area contributed by atoms with Crippen LogP contribution in [-0.4, -0.2) is 10.1 Å². The van der Waals surface area contributed by atoms with Gasteiger partial charge < -0.3 is 10.3 Å². The molecule has 0 aliphatic heterocycles. The molecule has 1 unspecified atom stereocenters. The monoisotopic (exact) mass is 237 g/mol. The van der Waals surface area contributed by atoms with Crippen molar-refractivity contribution < 1.29 is 4.52 Å². The van der Waals surface area contributed by atoms with Crippen molar-refractivity contribution in [3.8, 4) is 0 Å². The van der Waals surface area contributed by atoms with Crippen LogP contribution in [-0.2, 0) is 5.54 Å². The smallest absolute Gasteiger partial charge is 0.246 e. The van der Waals surface area contributed by atoms with Gasteiger partial charge in [-0.1, -0.05) is 31.8 Å². The van der Waals surface area contributed by atoms with Gasteiger partial charge in [0.25, 0.3) is 0 Å². The fraction of sp³-hybridized carbons (Fsp3) is 0.846. The molecule has 0 bridgehead atoms. The minimum Gasteiger partial charge on any atom is -0.337 e. The first kappa shape index (κ1) is 12.6. The molecule has 0 aromatic carbocycles. The maximum Gasteiger partial charge on any atom is 0.246 e. The first-order chi connectivity index (χ1) is 8.03. The van der Waals surface area contributed by atoms with Gasteiger partial charge in [0.05, 0.1) is 5.54 Å². The second-order valence-corrected chi connectivity index (χ2v) is 5.69. The van der Waals surface area contributed by atoms with Crippen molar-refractivity contribution in [2.45, 2.75) is 64.3 Å². The summed E-state index contributed by atoms with van der Waals surface area (Å²) in [5, 5.41) is 4.11. The van der Waals surface area contributed by atoms with E-state index in [1.807, 2.05) is 13.8 Å². The van der Waals surface area contributed by atoms with Crippen molar-refractivity contribution >= 4 is 0 Å². The number of hydrogen-bond donors (Lipinski definition) is 1. The summed E-state index contributed by atoms with van der Waals surface area (Å²) in [6, 6.07) is 0. The van der Waals surface area contributed by atoms with Crippen LogP contribution < -0.4 is 5.73 Å². The summed E-state index contributed by atoms with van der Waals surface area (Å²) >= 11 is 0. The predicted octanol–water partition coefficient (Wildman–Crippen LogP) is 2.95. The Kier molecular flexibility index (Phi) is 3.52. The first-order valence-corrected chi connectivity index (χ1v) is 6.66. The van der Waals surface area contributed by atoms with Gasteiger partial charge in [0, 0.05) is 5.92 Å². The molecule has 0 spiro atoms. The molecule has 0 amide bonds. The van der Waals surface area contributed by atoms with E-state index in [9.17, 15) is 0 Å². The predicted molar refractivity (Wildman–Crippen MR) is 66.5 cm³/mol. The average Bonchev–Trinajstić information content (AvgIpc) is 2.80. The molecular formula is C13H23N3O. The Balaban J connectivity index is 2.08. The molecule has 4 nitrogen and oxygen atoms in total. The third-order valence-corrected chi connectivity index (χ3v) is 4.05. The van der Waals surface area contributed by atoms with Crippen LogP contribution in [0.1, 0.15) is 70.5 Å². The van der Waals surface area contributed by atoms with E-state index >= 15 is 0 Å². The summed E-state index contributed by atoms with van der Waals surface area (Å²) in [7, 11) is 0. The average molecular weight is 237 g/mol. The van der Waals surface area contributed by atoms with E-state index in [0.29, 0.717) is 11.8 Å². The highest BCUT2D eigenvalue weighted by atomic mass is 16.5. The molecule has 1 aliphatic carbocycles. The van der Waals surface area contributed by atoms with E-state index in [1.54, 1.807) is 0 Å². The zero-order valence-corrected chi connectivity index (χ0v) is 11.1. The van der Waals surface area contributed by atoms with Crippen LogP contribution in [0.2, 0.25) is 0 Å². The minimum absolute atomic E-state index is 0.469. The lowest BCUT2D eigenvalue weighted by Crippen LogP contribution is -2.32. The first-order valence-electron chi connectivity index (χ1n) is 6.66. The molecule has 1 aliphatic rings. The highest BCUT2D eigenvalue weighted by molar-refractivity contribution is 5.03. The van der Waals surface area contributed by atoms with Crippen LogP contribution in [0.15, 0.2) is 4.52 Å². The van der Waals surface area contributed by atoms with E-state index in [1.165, 1.54) is 25.7 Å². The summed E-state index contributed by atoms with van der Waals surface area (Å²) in [4.78, 5) is 4.50. The van der Waals surface area contributed by atoms with Gasteiger partial charge in [-0.25, -0.2) is 0 Å². The van der Waals surface area contributed by atoms with Gasteiger partial charge >= 0.3 is 0 Å². The second kappa shape index (κ2) is 4.77. The van der Waals surface area contributed by atoms with Gasteiger partial charge in [-0.3, -0.25) is 0 Å². The highest BCUT2D eigenvalue weighted by Crippen LogP contribution is 2.34. The van der Waals surface area contributed by atoms with E-state index in [-0.39, 0.29) is 0 Å². The number of nitrogens with zero attached hydrogens (tertiary/aromatic N) is 2. The van der Waals surface area contributed by atoms with Gasteiger partial charge in [0.2, 0.25) is 5.89 Å². The normalized spacial score (nSPS) is 28.9. The number of hydrogen-bond acceptors (Lipinski definition) is 4. The molecule has 1 saturated carbocycles. The Bertz CT molecular complexity index is 364. The Labute approximate surface area is 103 Å². The molecule has 2 N–H and O–H groups in total. The second-order valence-electron chi connectivity index (χ2n) is 5.69. The zero-order valence-electron chi connectivity index (χ0n) is 11.1. The topological polar surface area (TPSA) is 64.9 Å². The third kappa shape index (κ3) is 2.68. The van der Waals surface area contributed by atoms with Crippen molar-refractivity contribution in [1.29, 1.82) is 0 Å². The summed E-state index contributed by atoms with van der Waals surface area (Å²) in [5.74, 6) is 2.75. The fourth-order valence-corrected chi connectivity index (χ4v) is 2.30. The van der Waals surface area contributed by atoms with Crippen LogP contribution in [0, 0.1) is 5.92 Å². The van der Waals surface area contributed by atoms with Crippen LogP contribution in [0.25, 0.3) is 0 Å². The van der Waals surface area contributed by atoms with E-state index in [4.69, 9.17) is 10.3 Å². The standard InChI is InChI=1S/C13H23N3O/c1-4-13(3,14)12-15-11(16-17-12)10-7-5-9(2)6-8-10/h9-10H,4-8,14H2,1-3H3. The summed E-state index contributed by atoms with van der Waals surface area (Å²) in [5.41, 5.74) is 5.61. The van der Waals surface area contributed by atoms with Gasteiger partial charge in [0.1, 0.15) is 0 Å². The maximum absolute atomic E-state index is 6.11. The number of aromatic nitrogens is 2. The molecule has 1 aromatic rings. The van der Waals surface area contributed by atoms with Crippen LogP contribution >= 0.6 is 0 Å². The van der Waals surface area contributed by atoms with Crippen LogP contribution in [0.3, 0.4) is 0 Å². The molecule has 0 saturated heterocycles. The fourth-order valence-electron chi connectivity index (χ4n) is 2.30. The number of rotatable bonds is 3. The molecule has 4 heteroatoms. The van der Waals surface area contributed by atoms with E-state index in [0.717, 1.165) is 18.2 Å². The van der Waals surface area contributed by atoms with Crippen molar-refractivity contribution in [1.82, 2.24) is 10.1 Å². The summed E-state index contributed by atoms with van der Waals surface area (Å²) in [6.07, 6.45) is 5.68. The molecule has 1 fully saturated rings. The lowest BCUT2D eigenvalue weighted by atomic mass is 9.83. The molecule has 2 rings (SSSR count). The van der Waals surface area contributed by atoms with E-state index in [2.05, 4.69) is 17.1 Å².